The second kappa shape index (κ2) is 7.99. The second-order valence-electron chi connectivity index (χ2n) is 7.47. The van der Waals surface area contributed by atoms with Crippen LogP contribution in [0.15, 0.2) is 39.9 Å². The zero-order chi connectivity index (χ0) is 20.5. The number of hydrogen-bond donors (Lipinski definition) is 1. The first-order valence-electron chi connectivity index (χ1n) is 10.1. The van der Waals surface area contributed by atoms with E-state index in [2.05, 4.69) is 5.32 Å². The Labute approximate surface area is 178 Å². The molecule has 1 N–H and O–H groups in total. The van der Waals surface area contributed by atoms with Gasteiger partial charge in [-0.3, -0.25) is 4.79 Å². The number of ether oxygens (including phenoxy) is 2. The maximum atomic E-state index is 13.1. The molecule has 1 aromatic carbocycles. The smallest absolute Gasteiger partial charge is 0.255 e. The van der Waals surface area contributed by atoms with Gasteiger partial charge in [-0.25, -0.2) is 4.99 Å². The van der Waals surface area contributed by atoms with Crippen LogP contribution in [0.2, 0.25) is 0 Å². The first-order chi connectivity index (χ1) is 14.7. The van der Waals surface area contributed by atoms with Gasteiger partial charge in [-0.05, 0) is 73.6 Å². The number of nitrogens with one attached hydrogen (secondary N) is 1. The molecule has 0 bridgehead atoms. The minimum atomic E-state index is -0.0969. The van der Waals surface area contributed by atoms with Crippen molar-refractivity contribution in [2.75, 3.05) is 6.79 Å². The van der Waals surface area contributed by atoms with Gasteiger partial charge < -0.3 is 19.2 Å². The van der Waals surface area contributed by atoms with Crippen LogP contribution in [-0.2, 0) is 19.4 Å². The van der Waals surface area contributed by atoms with E-state index in [1.807, 2.05) is 37.4 Å². The summed E-state index contributed by atoms with van der Waals surface area (Å²) in [4.78, 5) is 19.1. The highest BCUT2D eigenvalue weighted by molar-refractivity contribution is 7.16. The number of furan rings is 1. The van der Waals surface area contributed by atoms with Crippen molar-refractivity contribution in [1.82, 2.24) is 5.32 Å². The van der Waals surface area contributed by atoms with Crippen LogP contribution in [0.4, 0.5) is 5.00 Å². The van der Waals surface area contributed by atoms with Gasteiger partial charge in [0.05, 0.1) is 18.4 Å². The molecule has 2 aliphatic rings. The lowest BCUT2D eigenvalue weighted by molar-refractivity contribution is 0.0948. The molecule has 5 rings (SSSR count). The van der Waals surface area contributed by atoms with Crippen LogP contribution >= 0.6 is 11.3 Å². The van der Waals surface area contributed by atoms with Gasteiger partial charge in [0.2, 0.25) is 6.79 Å². The van der Waals surface area contributed by atoms with Gasteiger partial charge in [0.15, 0.2) is 11.5 Å². The average molecular weight is 423 g/mol. The molecule has 1 aliphatic heterocycles. The molecule has 0 atom stereocenters. The van der Waals surface area contributed by atoms with Gasteiger partial charge in [-0.2, -0.15) is 0 Å². The predicted octanol–water partition coefficient (Wildman–Crippen LogP) is 4.94. The largest absolute Gasteiger partial charge is 0.467 e. The van der Waals surface area contributed by atoms with Crippen molar-refractivity contribution >= 4 is 28.5 Å². The Bertz CT molecular complexity index is 1110. The van der Waals surface area contributed by atoms with Crippen molar-refractivity contribution in [3.05, 3.63) is 63.4 Å². The molecular formula is C23H22N2O4S. The fourth-order valence-corrected chi connectivity index (χ4v) is 5.10. The number of rotatable bonds is 5. The summed E-state index contributed by atoms with van der Waals surface area (Å²) < 4.78 is 16.3. The fraction of sp³-hybridized carbons (Fsp3) is 0.304. The molecule has 0 unspecified atom stereocenters. The summed E-state index contributed by atoms with van der Waals surface area (Å²) in [5.41, 5.74) is 3.86. The lowest BCUT2D eigenvalue weighted by Crippen LogP contribution is -2.23. The molecule has 0 spiro atoms. The van der Waals surface area contributed by atoms with E-state index in [0.29, 0.717) is 12.1 Å². The molecule has 1 amide bonds. The topological polar surface area (TPSA) is 73.1 Å². The second-order valence-corrected chi connectivity index (χ2v) is 8.56. The first-order valence-corrected chi connectivity index (χ1v) is 10.9. The van der Waals surface area contributed by atoms with E-state index in [9.17, 15) is 4.79 Å². The van der Waals surface area contributed by atoms with E-state index in [1.54, 1.807) is 17.6 Å². The summed E-state index contributed by atoms with van der Waals surface area (Å²) >= 11 is 1.63. The fourth-order valence-electron chi connectivity index (χ4n) is 3.87. The van der Waals surface area contributed by atoms with Gasteiger partial charge in [0, 0.05) is 11.1 Å². The van der Waals surface area contributed by atoms with Crippen molar-refractivity contribution in [1.29, 1.82) is 0 Å². The molecule has 30 heavy (non-hydrogen) atoms. The Morgan fingerprint density at radius 2 is 2.07 bits per heavy atom. The molecule has 3 heterocycles. The van der Waals surface area contributed by atoms with Gasteiger partial charge in [0.1, 0.15) is 10.8 Å². The first kappa shape index (κ1) is 18.9. The third kappa shape index (κ3) is 3.61. The van der Waals surface area contributed by atoms with Gasteiger partial charge in [-0.1, -0.05) is 0 Å². The zero-order valence-corrected chi connectivity index (χ0v) is 17.5. The van der Waals surface area contributed by atoms with E-state index in [1.165, 1.54) is 4.88 Å². The predicted molar refractivity (Wildman–Crippen MR) is 115 cm³/mol. The highest BCUT2D eigenvalue weighted by atomic mass is 32.1. The highest BCUT2D eigenvalue weighted by Crippen LogP contribution is 2.40. The number of benzene rings is 1. The molecule has 3 aromatic rings. The molecule has 0 radical (unpaired) electrons. The van der Waals surface area contributed by atoms with Crippen LogP contribution in [0, 0.1) is 6.92 Å². The quantitative estimate of drug-likeness (QED) is 0.591. The van der Waals surface area contributed by atoms with Gasteiger partial charge in [0.25, 0.3) is 5.91 Å². The molecule has 1 aliphatic carbocycles. The van der Waals surface area contributed by atoms with E-state index in [0.717, 1.165) is 64.6 Å². The molecule has 6 nitrogen and oxygen atoms in total. The molecular weight excluding hydrogens is 400 g/mol. The molecule has 0 saturated carbocycles. The number of aliphatic imine (C=N–C) groups is 1. The van der Waals surface area contributed by atoms with Crippen LogP contribution in [0.1, 0.15) is 50.5 Å². The number of carbonyl (C=O) groups is 1. The Morgan fingerprint density at radius 3 is 2.90 bits per heavy atom. The monoisotopic (exact) mass is 422 g/mol. The van der Waals surface area contributed by atoms with E-state index >= 15 is 0 Å². The van der Waals surface area contributed by atoms with Crippen LogP contribution in [0.3, 0.4) is 0 Å². The number of fused-ring (bicyclic) bond motifs is 2. The Morgan fingerprint density at radius 1 is 1.23 bits per heavy atom. The van der Waals surface area contributed by atoms with Crippen molar-refractivity contribution in [2.45, 2.75) is 39.2 Å². The molecule has 0 saturated heterocycles. The molecule has 154 valence electrons. The van der Waals surface area contributed by atoms with Crippen molar-refractivity contribution in [3.8, 4) is 11.5 Å². The highest BCUT2D eigenvalue weighted by Gasteiger charge is 2.25. The van der Waals surface area contributed by atoms with Gasteiger partial charge >= 0.3 is 0 Å². The summed E-state index contributed by atoms with van der Waals surface area (Å²) in [5.74, 6) is 2.12. The van der Waals surface area contributed by atoms with Crippen molar-refractivity contribution in [2.24, 2.45) is 4.99 Å². The third-order valence-corrected chi connectivity index (χ3v) is 6.67. The molecule has 0 fully saturated rings. The maximum Gasteiger partial charge on any atom is 0.255 e. The van der Waals surface area contributed by atoms with Crippen LogP contribution in [-0.4, -0.2) is 18.9 Å². The van der Waals surface area contributed by atoms with E-state index in [4.69, 9.17) is 18.9 Å². The summed E-state index contributed by atoms with van der Waals surface area (Å²) in [5, 5.41) is 3.75. The number of hydrogen-bond acceptors (Lipinski definition) is 6. The Balaban J connectivity index is 1.45. The number of aryl methyl sites for hydroxylation is 2. The normalized spacial score (nSPS) is 14.8. The lowest BCUT2D eigenvalue weighted by atomic mass is 9.95. The summed E-state index contributed by atoms with van der Waals surface area (Å²) in [6.45, 7) is 2.62. The van der Waals surface area contributed by atoms with E-state index < -0.39 is 0 Å². The van der Waals surface area contributed by atoms with Crippen LogP contribution < -0.4 is 14.8 Å². The number of nitrogens with zero attached hydrogens (tertiary/aromatic N) is 1. The van der Waals surface area contributed by atoms with Crippen molar-refractivity contribution < 1.29 is 18.7 Å². The molecule has 2 aromatic heterocycles. The number of carbonyl (C=O) groups excluding carboxylic acids is 1. The van der Waals surface area contributed by atoms with Crippen LogP contribution in [0.5, 0.6) is 11.5 Å². The Hall–Kier alpha value is -3.06. The SMILES string of the molecule is Cc1cc2c(cc1C=Nc1sc3c(c1C(=O)NCc1ccco1)CCCC3)OCO2. The van der Waals surface area contributed by atoms with Crippen molar-refractivity contribution in [3.63, 3.8) is 0 Å². The van der Waals surface area contributed by atoms with Gasteiger partial charge in [-0.15, -0.1) is 11.3 Å². The Kier molecular flexibility index (Phi) is 5.04. The zero-order valence-electron chi connectivity index (χ0n) is 16.7. The lowest BCUT2D eigenvalue weighted by Gasteiger charge is -2.12. The van der Waals surface area contributed by atoms with E-state index in [-0.39, 0.29) is 12.7 Å². The summed E-state index contributed by atoms with van der Waals surface area (Å²) in [6.07, 6.45) is 7.62. The number of amides is 1. The maximum absolute atomic E-state index is 13.1. The summed E-state index contributed by atoms with van der Waals surface area (Å²) in [7, 11) is 0. The standard InChI is InChI=1S/C23H22N2O4S/c1-14-9-18-19(29-13-28-18)10-15(14)11-25-23-21(17-6-2-3-7-20(17)30-23)22(26)24-12-16-5-4-8-27-16/h4-5,8-11H,2-3,6-7,12-13H2,1H3,(H,24,26). The number of thiophene rings is 1. The third-order valence-electron chi connectivity index (χ3n) is 5.47. The minimum absolute atomic E-state index is 0.0969. The van der Waals surface area contributed by atoms with Crippen LogP contribution in [0.25, 0.3) is 0 Å². The minimum Gasteiger partial charge on any atom is -0.467 e. The molecule has 7 heteroatoms. The average Bonchev–Trinajstić information content (AvgIpc) is 3.49. The summed E-state index contributed by atoms with van der Waals surface area (Å²) in [6, 6.07) is 7.56.